The fourth-order valence-electron chi connectivity index (χ4n) is 2.31. The fourth-order valence-corrected chi connectivity index (χ4v) is 2.31. The molecule has 0 aliphatic heterocycles. The molecular formula is C14H30N4O2. The van der Waals surface area contributed by atoms with Crippen LogP contribution in [0, 0.1) is 5.92 Å². The number of rotatable bonds is 10. The van der Waals surface area contributed by atoms with Crippen molar-refractivity contribution in [2.75, 3.05) is 13.1 Å². The summed E-state index contributed by atoms with van der Waals surface area (Å²) in [5, 5.41) is 0. The molecule has 6 N–H and O–H groups in total. The molecule has 0 aliphatic carbocycles. The Hall–Kier alpha value is -1.14. The molecule has 0 rings (SSSR count). The van der Waals surface area contributed by atoms with E-state index >= 15 is 0 Å². The van der Waals surface area contributed by atoms with Crippen molar-refractivity contribution in [3.8, 4) is 0 Å². The summed E-state index contributed by atoms with van der Waals surface area (Å²) in [6.45, 7) is 6.81. The first-order valence-corrected chi connectivity index (χ1v) is 7.42. The zero-order valence-corrected chi connectivity index (χ0v) is 13.0. The van der Waals surface area contributed by atoms with Crippen LogP contribution in [0.4, 0.5) is 0 Å². The molecule has 0 fully saturated rings. The third-order valence-corrected chi connectivity index (χ3v) is 3.29. The molecule has 0 saturated carbocycles. The van der Waals surface area contributed by atoms with Gasteiger partial charge in [0.15, 0.2) is 0 Å². The minimum atomic E-state index is -0.594. The van der Waals surface area contributed by atoms with Crippen LogP contribution < -0.4 is 17.2 Å². The van der Waals surface area contributed by atoms with E-state index in [2.05, 4.69) is 0 Å². The van der Waals surface area contributed by atoms with Crippen LogP contribution in [0.2, 0.25) is 0 Å². The third kappa shape index (κ3) is 5.88. The van der Waals surface area contributed by atoms with Crippen LogP contribution in [0.3, 0.4) is 0 Å². The van der Waals surface area contributed by atoms with Gasteiger partial charge in [0.2, 0.25) is 11.8 Å². The molecule has 0 aromatic heterocycles. The summed E-state index contributed by atoms with van der Waals surface area (Å²) >= 11 is 0. The highest BCUT2D eigenvalue weighted by molar-refractivity contribution is 5.89. The van der Waals surface area contributed by atoms with Gasteiger partial charge in [-0.1, -0.05) is 27.2 Å². The van der Waals surface area contributed by atoms with Gasteiger partial charge in [0.25, 0.3) is 0 Å². The standard InChI is InChI=1S/C14H30N4O2/c1-4-9-18(12(10(2)3)13(17)19)14(20)11(16)7-5-6-8-15/h10-12H,4-9,15-16H2,1-3H3,(H2,17,19). The second-order valence-electron chi connectivity index (χ2n) is 5.51. The predicted octanol–water partition coefficient (Wildman–Crippen LogP) is 0.191. The summed E-state index contributed by atoms with van der Waals surface area (Å²) in [4.78, 5) is 25.6. The van der Waals surface area contributed by atoms with Crippen molar-refractivity contribution in [3.63, 3.8) is 0 Å². The quantitative estimate of drug-likeness (QED) is 0.497. The van der Waals surface area contributed by atoms with Crippen molar-refractivity contribution >= 4 is 11.8 Å². The van der Waals surface area contributed by atoms with Gasteiger partial charge in [0.05, 0.1) is 6.04 Å². The number of amides is 2. The van der Waals surface area contributed by atoms with Crippen LogP contribution in [0.5, 0.6) is 0 Å². The van der Waals surface area contributed by atoms with Gasteiger partial charge in [-0.25, -0.2) is 0 Å². The van der Waals surface area contributed by atoms with Gasteiger partial charge >= 0.3 is 0 Å². The SMILES string of the molecule is CCCN(C(=O)C(N)CCCCN)C(C(N)=O)C(C)C. The van der Waals surface area contributed by atoms with E-state index in [1.807, 2.05) is 20.8 Å². The Labute approximate surface area is 122 Å². The molecule has 2 amide bonds. The molecule has 0 spiro atoms. The van der Waals surface area contributed by atoms with Crippen molar-refractivity contribution in [1.82, 2.24) is 4.90 Å². The Kier molecular flexibility index (Phi) is 9.16. The van der Waals surface area contributed by atoms with Crippen LogP contribution >= 0.6 is 0 Å². The molecule has 2 unspecified atom stereocenters. The van der Waals surface area contributed by atoms with Crippen LogP contribution in [-0.4, -0.2) is 41.9 Å². The molecule has 118 valence electrons. The zero-order valence-electron chi connectivity index (χ0n) is 13.0. The van der Waals surface area contributed by atoms with Crippen molar-refractivity contribution in [2.45, 2.75) is 58.5 Å². The summed E-state index contributed by atoms with van der Waals surface area (Å²) in [6, 6.07) is -1.18. The third-order valence-electron chi connectivity index (χ3n) is 3.29. The van der Waals surface area contributed by atoms with E-state index in [0.717, 1.165) is 19.3 Å². The molecule has 2 atom stereocenters. The van der Waals surface area contributed by atoms with Gasteiger partial charge < -0.3 is 22.1 Å². The van der Waals surface area contributed by atoms with Crippen LogP contribution in [-0.2, 0) is 9.59 Å². The lowest BCUT2D eigenvalue weighted by Gasteiger charge is -2.33. The topological polar surface area (TPSA) is 115 Å². The highest BCUT2D eigenvalue weighted by atomic mass is 16.2. The van der Waals surface area contributed by atoms with Crippen LogP contribution in [0.25, 0.3) is 0 Å². The largest absolute Gasteiger partial charge is 0.368 e. The van der Waals surface area contributed by atoms with E-state index in [4.69, 9.17) is 17.2 Å². The van der Waals surface area contributed by atoms with E-state index in [0.29, 0.717) is 19.5 Å². The number of nitrogens with two attached hydrogens (primary N) is 3. The minimum Gasteiger partial charge on any atom is -0.368 e. The number of hydrogen-bond donors (Lipinski definition) is 3. The van der Waals surface area contributed by atoms with Crippen LogP contribution in [0.1, 0.15) is 46.5 Å². The summed E-state index contributed by atoms with van der Waals surface area (Å²) in [6.07, 6.45) is 3.00. The maximum absolute atomic E-state index is 12.4. The van der Waals surface area contributed by atoms with Gasteiger partial charge in [-0.05, 0) is 31.7 Å². The fraction of sp³-hybridized carbons (Fsp3) is 0.857. The molecule has 6 heteroatoms. The minimum absolute atomic E-state index is 0.0285. The molecule has 20 heavy (non-hydrogen) atoms. The average molecular weight is 286 g/mol. The summed E-state index contributed by atoms with van der Waals surface area (Å²) < 4.78 is 0. The number of primary amides is 1. The number of hydrogen-bond acceptors (Lipinski definition) is 4. The number of carbonyl (C=O) groups is 2. The molecule has 0 heterocycles. The van der Waals surface area contributed by atoms with Crippen molar-refractivity contribution in [2.24, 2.45) is 23.1 Å². The second-order valence-corrected chi connectivity index (χ2v) is 5.51. The normalized spacial score (nSPS) is 14.1. The van der Waals surface area contributed by atoms with Gasteiger partial charge in [-0.2, -0.15) is 0 Å². The second kappa shape index (κ2) is 9.72. The summed E-state index contributed by atoms with van der Waals surface area (Å²) in [7, 11) is 0. The lowest BCUT2D eigenvalue weighted by Crippen LogP contribution is -2.55. The first-order chi connectivity index (χ1) is 9.36. The van der Waals surface area contributed by atoms with Crippen molar-refractivity contribution in [3.05, 3.63) is 0 Å². The maximum Gasteiger partial charge on any atom is 0.240 e. The molecule has 0 bridgehead atoms. The zero-order chi connectivity index (χ0) is 15.7. The van der Waals surface area contributed by atoms with E-state index < -0.39 is 18.0 Å². The first kappa shape index (κ1) is 18.9. The molecule has 0 saturated heterocycles. The first-order valence-electron chi connectivity index (χ1n) is 7.42. The smallest absolute Gasteiger partial charge is 0.240 e. The Balaban J connectivity index is 4.86. The number of carbonyl (C=O) groups excluding carboxylic acids is 2. The number of unbranched alkanes of at least 4 members (excludes halogenated alkanes) is 1. The Morgan fingerprint density at radius 2 is 1.80 bits per heavy atom. The van der Waals surface area contributed by atoms with E-state index in [-0.39, 0.29) is 11.8 Å². The molecule has 0 aliphatic rings. The monoisotopic (exact) mass is 286 g/mol. The number of nitrogens with zero attached hydrogens (tertiary/aromatic N) is 1. The highest BCUT2D eigenvalue weighted by Crippen LogP contribution is 2.14. The Morgan fingerprint density at radius 1 is 1.20 bits per heavy atom. The van der Waals surface area contributed by atoms with Gasteiger partial charge in [0.1, 0.15) is 6.04 Å². The van der Waals surface area contributed by atoms with Gasteiger partial charge in [-0.3, -0.25) is 9.59 Å². The maximum atomic E-state index is 12.4. The molecular weight excluding hydrogens is 256 g/mol. The van der Waals surface area contributed by atoms with Gasteiger partial charge in [-0.15, -0.1) is 0 Å². The summed E-state index contributed by atoms with van der Waals surface area (Å²) in [5.41, 5.74) is 16.8. The van der Waals surface area contributed by atoms with Gasteiger partial charge in [0, 0.05) is 6.54 Å². The van der Waals surface area contributed by atoms with Crippen LogP contribution in [0.15, 0.2) is 0 Å². The van der Waals surface area contributed by atoms with E-state index in [1.165, 1.54) is 0 Å². The Morgan fingerprint density at radius 3 is 2.20 bits per heavy atom. The average Bonchev–Trinajstić information content (AvgIpc) is 2.36. The van der Waals surface area contributed by atoms with E-state index in [1.54, 1.807) is 4.90 Å². The predicted molar refractivity (Wildman–Crippen MR) is 80.7 cm³/mol. The Bertz CT molecular complexity index is 308. The van der Waals surface area contributed by atoms with Crippen molar-refractivity contribution < 1.29 is 9.59 Å². The molecule has 6 nitrogen and oxygen atoms in total. The van der Waals surface area contributed by atoms with Crippen molar-refractivity contribution in [1.29, 1.82) is 0 Å². The lowest BCUT2D eigenvalue weighted by molar-refractivity contribution is -0.142. The lowest BCUT2D eigenvalue weighted by atomic mass is 9.99. The summed E-state index contributed by atoms with van der Waals surface area (Å²) in [5.74, 6) is -0.698. The highest BCUT2D eigenvalue weighted by Gasteiger charge is 2.32. The molecule has 0 radical (unpaired) electrons. The molecule has 0 aromatic rings. The van der Waals surface area contributed by atoms with E-state index in [9.17, 15) is 9.59 Å². The molecule has 0 aromatic carbocycles.